The number of halogens is 1. The number of carbonyl (C=O) groups excluding carboxylic acids is 1. The highest BCUT2D eigenvalue weighted by molar-refractivity contribution is 5.93. The molecular formula is C15H16FN3O3. The third kappa shape index (κ3) is 3.30. The van der Waals surface area contributed by atoms with E-state index in [0.717, 1.165) is 10.1 Å². The number of amides is 1. The predicted octanol–water partition coefficient (Wildman–Crippen LogP) is 0.196. The van der Waals surface area contributed by atoms with Gasteiger partial charge in [-0.05, 0) is 24.1 Å². The third-order valence-electron chi connectivity index (χ3n) is 3.30. The molecule has 0 spiro atoms. The Bertz CT molecular complexity index is 806. The van der Waals surface area contributed by atoms with Crippen LogP contribution in [0.3, 0.4) is 0 Å². The molecule has 0 bridgehead atoms. The van der Waals surface area contributed by atoms with Gasteiger partial charge in [-0.25, -0.2) is 9.18 Å². The fourth-order valence-corrected chi connectivity index (χ4v) is 2.03. The molecule has 0 aliphatic rings. The van der Waals surface area contributed by atoms with Crippen LogP contribution in [0.25, 0.3) is 0 Å². The summed E-state index contributed by atoms with van der Waals surface area (Å²) >= 11 is 0. The van der Waals surface area contributed by atoms with Gasteiger partial charge < -0.3 is 9.88 Å². The molecule has 0 aliphatic heterocycles. The fourth-order valence-electron chi connectivity index (χ4n) is 2.03. The molecule has 0 radical (unpaired) electrons. The smallest absolute Gasteiger partial charge is 0.330 e. The lowest BCUT2D eigenvalue weighted by atomic mass is 10.1. The number of nitrogens with zero attached hydrogens (tertiary/aromatic N) is 2. The Morgan fingerprint density at radius 2 is 1.82 bits per heavy atom. The lowest BCUT2D eigenvalue weighted by molar-refractivity contribution is 0.0951. The quantitative estimate of drug-likeness (QED) is 0.877. The van der Waals surface area contributed by atoms with Gasteiger partial charge in [0.1, 0.15) is 11.4 Å². The summed E-state index contributed by atoms with van der Waals surface area (Å²) in [6.07, 6.45) is 1.73. The lowest BCUT2D eigenvalue weighted by Gasteiger charge is -2.08. The summed E-state index contributed by atoms with van der Waals surface area (Å²) in [5.41, 5.74) is -0.353. The van der Waals surface area contributed by atoms with Crippen molar-refractivity contribution in [1.82, 2.24) is 14.5 Å². The van der Waals surface area contributed by atoms with Crippen LogP contribution in [-0.4, -0.2) is 21.6 Å². The second-order valence-electron chi connectivity index (χ2n) is 4.93. The Hall–Kier alpha value is -2.70. The van der Waals surface area contributed by atoms with E-state index in [0.29, 0.717) is 13.0 Å². The van der Waals surface area contributed by atoms with Gasteiger partial charge in [-0.1, -0.05) is 12.1 Å². The van der Waals surface area contributed by atoms with Crippen molar-refractivity contribution in [3.8, 4) is 0 Å². The first kappa shape index (κ1) is 15.7. The number of carbonyl (C=O) groups is 1. The van der Waals surface area contributed by atoms with Crippen LogP contribution < -0.4 is 16.6 Å². The van der Waals surface area contributed by atoms with E-state index in [1.165, 1.54) is 37.0 Å². The minimum atomic E-state index is -0.637. The average molecular weight is 305 g/mol. The molecule has 0 fully saturated rings. The van der Waals surface area contributed by atoms with Crippen LogP contribution in [0.2, 0.25) is 0 Å². The van der Waals surface area contributed by atoms with Gasteiger partial charge in [0.25, 0.3) is 11.5 Å². The van der Waals surface area contributed by atoms with Crippen LogP contribution in [0.5, 0.6) is 0 Å². The topological polar surface area (TPSA) is 73.1 Å². The van der Waals surface area contributed by atoms with Crippen molar-refractivity contribution >= 4 is 5.91 Å². The largest absolute Gasteiger partial charge is 0.351 e. The Balaban J connectivity index is 2.06. The average Bonchev–Trinajstić information content (AvgIpc) is 2.50. The lowest BCUT2D eigenvalue weighted by Crippen LogP contribution is -2.42. The minimum absolute atomic E-state index is 0.0938. The Morgan fingerprint density at radius 1 is 1.18 bits per heavy atom. The Kier molecular flexibility index (Phi) is 4.55. The molecule has 116 valence electrons. The number of aryl methyl sites for hydroxylation is 1. The van der Waals surface area contributed by atoms with Crippen LogP contribution in [0.4, 0.5) is 4.39 Å². The zero-order valence-electron chi connectivity index (χ0n) is 12.3. The molecule has 0 unspecified atom stereocenters. The molecule has 1 amide bonds. The van der Waals surface area contributed by atoms with E-state index in [9.17, 15) is 18.8 Å². The summed E-state index contributed by atoms with van der Waals surface area (Å²) in [5.74, 6) is -0.861. The molecule has 2 aromatic rings. The van der Waals surface area contributed by atoms with Gasteiger partial charge in [0.15, 0.2) is 0 Å². The van der Waals surface area contributed by atoms with Crippen LogP contribution in [0.15, 0.2) is 40.1 Å². The molecule has 1 N–H and O–H groups in total. The second kappa shape index (κ2) is 6.38. The molecule has 1 aromatic heterocycles. The van der Waals surface area contributed by atoms with Gasteiger partial charge in [-0.3, -0.25) is 14.2 Å². The third-order valence-corrected chi connectivity index (χ3v) is 3.30. The number of benzene rings is 1. The van der Waals surface area contributed by atoms with E-state index < -0.39 is 17.2 Å². The summed E-state index contributed by atoms with van der Waals surface area (Å²) in [4.78, 5) is 35.5. The standard InChI is InChI=1S/C15H16FN3O3/c1-18-9-12(14(21)19(2)15(18)22)13(20)17-8-7-10-3-5-11(16)6-4-10/h3-6,9H,7-8H2,1-2H3,(H,17,20). The summed E-state index contributed by atoms with van der Waals surface area (Å²) in [6.45, 7) is 0.302. The van der Waals surface area contributed by atoms with Gasteiger partial charge in [0.2, 0.25) is 0 Å². The van der Waals surface area contributed by atoms with E-state index in [4.69, 9.17) is 0 Å². The maximum absolute atomic E-state index is 12.8. The summed E-state index contributed by atoms with van der Waals surface area (Å²) in [5, 5.41) is 2.62. The van der Waals surface area contributed by atoms with Crippen LogP contribution >= 0.6 is 0 Å². The first-order chi connectivity index (χ1) is 10.4. The summed E-state index contributed by atoms with van der Waals surface area (Å²) < 4.78 is 14.8. The second-order valence-corrected chi connectivity index (χ2v) is 4.93. The molecule has 2 rings (SSSR count). The summed E-state index contributed by atoms with van der Waals surface area (Å²) in [7, 11) is 2.79. The van der Waals surface area contributed by atoms with Crippen molar-refractivity contribution in [2.24, 2.45) is 14.1 Å². The highest BCUT2D eigenvalue weighted by atomic mass is 19.1. The van der Waals surface area contributed by atoms with Crippen molar-refractivity contribution in [3.63, 3.8) is 0 Å². The number of aromatic nitrogens is 2. The van der Waals surface area contributed by atoms with Crippen LogP contribution in [-0.2, 0) is 20.5 Å². The Morgan fingerprint density at radius 3 is 2.45 bits per heavy atom. The predicted molar refractivity (Wildman–Crippen MR) is 79.4 cm³/mol. The van der Waals surface area contributed by atoms with E-state index in [1.807, 2.05) is 0 Å². The van der Waals surface area contributed by atoms with Crippen LogP contribution in [0.1, 0.15) is 15.9 Å². The minimum Gasteiger partial charge on any atom is -0.351 e. The number of nitrogens with one attached hydrogen (secondary N) is 1. The molecule has 0 saturated heterocycles. The van der Waals surface area contributed by atoms with Gasteiger partial charge in [-0.2, -0.15) is 0 Å². The maximum atomic E-state index is 12.8. The van der Waals surface area contributed by atoms with Crippen molar-refractivity contribution < 1.29 is 9.18 Å². The number of hydrogen-bond acceptors (Lipinski definition) is 3. The molecule has 0 atom stereocenters. The molecule has 7 heteroatoms. The van der Waals surface area contributed by atoms with E-state index in [2.05, 4.69) is 5.32 Å². The highest BCUT2D eigenvalue weighted by Crippen LogP contribution is 2.02. The monoisotopic (exact) mass is 305 g/mol. The molecule has 1 aromatic carbocycles. The Labute approximate surface area is 125 Å². The van der Waals surface area contributed by atoms with Gasteiger partial charge in [0.05, 0.1) is 0 Å². The van der Waals surface area contributed by atoms with Gasteiger partial charge in [-0.15, -0.1) is 0 Å². The zero-order valence-corrected chi connectivity index (χ0v) is 12.3. The molecule has 0 aliphatic carbocycles. The zero-order chi connectivity index (χ0) is 16.3. The number of hydrogen-bond donors (Lipinski definition) is 1. The molecule has 22 heavy (non-hydrogen) atoms. The van der Waals surface area contributed by atoms with Gasteiger partial charge in [0, 0.05) is 26.8 Å². The highest BCUT2D eigenvalue weighted by Gasteiger charge is 2.14. The first-order valence-corrected chi connectivity index (χ1v) is 6.69. The SMILES string of the molecule is Cn1cc(C(=O)NCCc2ccc(F)cc2)c(=O)n(C)c1=O. The van der Waals surface area contributed by atoms with E-state index in [-0.39, 0.29) is 11.4 Å². The molecular weight excluding hydrogens is 289 g/mol. The molecule has 0 saturated carbocycles. The molecule has 6 nitrogen and oxygen atoms in total. The van der Waals surface area contributed by atoms with E-state index >= 15 is 0 Å². The number of rotatable bonds is 4. The molecule has 1 heterocycles. The normalized spacial score (nSPS) is 10.5. The van der Waals surface area contributed by atoms with Crippen molar-refractivity contribution in [2.45, 2.75) is 6.42 Å². The summed E-state index contributed by atoms with van der Waals surface area (Å²) in [6, 6.07) is 5.96. The van der Waals surface area contributed by atoms with E-state index in [1.54, 1.807) is 12.1 Å². The van der Waals surface area contributed by atoms with Crippen molar-refractivity contribution in [1.29, 1.82) is 0 Å². The van der Waals surface area contributed by atoms with Crippen molar-refractivity contribution in [3.05, 3.63) is 68.2 Å². The fraction of sp³-hybridized carbons (Fsp3) is 0.267. The first-order valence-electron chi connectivity index (χ1n) is 6.69. The maximum Gasteiger partial charge on any atom is 0.330 e. The van der Waals surface area contributed by atoms with Crippen LogP contribution in [0, 0.1) is 5.82 Å². The van der Waals surface area contributed by atoms with Gasteiger partial charge >= 0.3 is 5.69 Å². The van der Waals surface area contributed by atoms with Crippen molar-refractivity contribution in [2.75, 3.05) is 6.54 Å².